The van der Waals surface area contributed by atoms with Gasteiger partial charge in [0.05, 0.1) is 12.7 Å². The van der Waals surface area contributed by atoms with E-state index in [1.807, 2.05) is 26.0 Å². The minimum atomic E-state index is -0.718. The SMILES string of the molecule is CCOc1ccc(C2CCC(CCc3ccc(C4=CCC(OCC)CC4)c(F)c3F)CC2)cc1F. The summed E-state index contributed by atoms with van der Waals surface area (Å²) >= 11 is 0. The van der Waals surface area contributed by atoms with Crippen molar-refractivity contribution in [1.29, 1.82) is 0 Å². The number of rotatable bonds is 9. The zero-order valence-corrected chi connectivity index (χ0v) is 20.9. The Hall–Kier alpha value is -2.27. The largest absolute Gasteiger partial charge is 0.491 e. The van der Waals surface area contributed by atoms with Gasteiger partial charge in [0.1, 0.15) is 0 Å². The number of aryl methyl sites for hydroxylation is 1. The van der Waals surface area contributed by atoms with Crippen LogP contribution in [0.1, 0.15) is 87.8 Å². The normalized spacial score (nSPS) is 22.7. The van der Waals surface area contributed by atoms with Crippen molar-refractivity contribution in [3.05, 3.63) is 70.5 Å². The second-order valence-electron chi connectivity index (χ2n) is 9.86. The number of benzene rings is 2. The highest BCUT2D eigenvalue weighted by atomic mass is 19.2. The molecule has 0 heterocycles. The number of ether oxygens (including phenoxy) is 2. The van der Waals surface area contributed by atoms with Gasteiger partial charge in [-0.1, -0.05) is 24.3 Å². The highest BCUT2D eigenvalue weighted by Crippen LogP contribution is 2.39. The molecular weight excluding hydrogens is 449 g/mol. The van der Waals surface area contributed by atoms with Crippen LogP contribution in [0.15, 0.2) is 36.4 Å². The Balaban J connectivity index is 1.30. The maximum atomic E-state index is 14.9. The minimum absolute atomic E-state index is 0.180. The van der Waals surface area contributed by atoms with Crippen LogP contribution in [0.25, 0.3) is 5.57 Å². The predicted molar refractivity (Wildman–Crippen MR) is 134 cm³/mol. The van der Waals surface area contributed by atoms with E-state index in [-0.39, 0.29) is 11.9 Å². The molecule has 35 heavy (non-hydrogen) atoms. The van der Waals surface area contributed by atoms with E-state index in [1.165, 1.54) is 0 Å². The maximum absolute atomic E-state index is 14.9. The Morgan fingerprint density at radius 1 is 0.886 bits per heavy atom. The fraction of sp³-hybridized carbons (Fsp3) is 0.533. The molecule has 1 atom stereocenters. The zero-order valence-electron chi connectivity index (χ0n) is 20.9. The van der Waals surface area contributed by atoms with Gasteiger partial charge in [0, 0.05) is 12.2 Å². The summed E-state index contributed by atoms with van der Waals surface area (Å²) in [5.41, 5.74) is 2.76. The third-order valence-electron chi connectivity index (χ3n) is 7.67. The number of halogens is 3. The second-order valence-corrected chi connectivity index (χ2v) is 9.86. The molecule has 2 aromatic rings. The summed E-state index contributed by atoms with van der Waals surface area (Å²) in [6, 6.07) is 8.81. The molecule has 0 amide bonds. The van der Waals surface area contributed by atoms with Gasteiger partial charge in [0.2, 0.25) is 0 Å². The van der Waals surface area contributed by atoms with Gasteiger partial charge in [-0.15, -0.1) is 0 Å². The molecule has 1 fully saturated rings. The van der Waals surface area contributed by atoms with Crippen molar-refractivity contribution >= 4 is 5.57 Å². The van der Waals surface area contributed by atoms with E-state index in [4.69, 9.17) is 9.47 Å². The van der Waals surface area contributed by atoms with E-state index in [2.05, 4.69) is 0 Å². The Morgan fingerprint density at radius 3 is 2.34 bits per heavy atom. The van der Waals surface area contributed by atoms with E-state index in [1.54, 1.807) is 24.3 Å². The van der Waals surface area contributed by atoms with E-state index in [0.717, 1.165) is 56.1 Å². The van der Waals surface area contributed by atoms with Crippen LogP contribution >= 0.6 is 0 Å². The van der Waals surface area contributed by atoms with Crippen LogP contribution in [0.4, 0.5) is 13.2 Å². The molecule has 0 radical (unpaired) electrons. The quantitative estimate of drug-likeness (QED) is 0.354. The summed E-state index contributed by atoms with van der Waals surface area (Å²) in [7, 11) is 0. The highest BCUT2D eigenvalue weighted by molar-refractivity contribution is 5.67. The summed E-state index contributed by atoms with van der Waals surface area (Å²) in [5, 5.41) is 0. The fourth-order valence-corrected chi connectivity index (χ4v) is 5.66. The van der Waals surface area contributed by atoms with Crippen molar-refractivity contribution in [3.8, 4) is 5.75 Å². The van der Waals surface area contributed by atoms with Crippen LogP contribution in [-0.4, -0.2) is 19.3 Å². The zero-order chi connectivity index (χ0) is 24.8. The first-order valence-corrected chi connectivity index (χ1v) is 13.2. The molecule has 0 aliphatic heterocycles. The molecule has 0 bridgehead atoms. The number of allylic oxidation sites excluding steroid dienone is 1. The van der Waals surface area contributed by atoms with E-state index in [9.17, 15) is 13.2 Å². The van der Waals surface area contributed by atoms with E-state index >= 15 is 0 Å². The molecule has 4 rings (SSSR count). The van der Waals surface area contributed by atoms with Crippen molar-refractivity contribution in [3.63, 3.8) is 0 Å². The van der Waals surface area contributed by atoms with Crippen LogP contribution in [0.2, 0.25) is 0 Å². The van der Waals surface area contributed by atoms with Gasteiger partial charge in [-0.2, -0.15) is 0 Å². The molecule has 0 saturated heterocycles. The molecule has 0 aromatic heterocycles. The predicted octanol–water partition coefficient (Wildman–Crippen LogP) is 8.38. The highest BCUT2D eigenvalue weighted by Gasteiger charge is 2.25. The molecule has 2 aliphatic rings. The second kappa shape index (κ2) is 12.1. The first-order chi connectivity index (χ1) is 17.0. The topological polar surface area (TPSA) is 18.5 Å². The molecule has 2 aliphatic carbocycles. The summed E-state index contributed by atoms with van der Waals surface area (Å²) in [6.45, 7) is 4.94. The lowest BCUT2D eigenvalue weighted by molar-refractivity contribution is 0.0579. The van der Waals surface area contributed by atoms with Gasteiger partial charge < -0.3 is 9.47 Å². The average Bonchev–Trinajstić information content (AvgIpc) is 2.87. The molecule has 2 nitrogen and oxygen atoms in total. The molecule has 2 aromatic carbocycles. The Labute approximate surface area is 207 Å². The van der Waals surface area contributed by atoms with Gasteiger partial charge in [-0.3, -0.25) is 0 Å². The monoisotopic (exact) mass is 486 g/mol. The van der Waals surface area contributed by atoms with E-state index in [0.29, 0.717) is 54.8 Å². The Morgan fingerprint density at radius 2 is 1.69 bits per heavy atom. The van der Waals surface area contributed by atoms with Gasteiger partial charge in [0.25, 0.3) is 0 Å². The van der Waals surface area contributed by atoms with Gasteiger partial charge in [-0.05, 0) is 112 Å². The lowest BCUT2D eigenvalue weighted by Crippen LogP contribution is -2.16. The average molecular weight is 487 g/mol. The summed E-state index contributed by atoms with van der Waals surface area (Å²) in [6.07, 6.45) is 9.89. The minimum Gasteiger partial charge on any atom is -0.491 e. The Bertz CT molecular complexity index is 1020. The van der Waals surface area contributed by atoms with Gasteiger partial charge >= 0.3 is 0 Å². The third kappa shape index (κ3) is 6.30. The first kappa shape index (κ1) is 25.8. The van der Waals surface area contributed by atoms with E-state index < -0.39 is 11.6 Å². The lowest BCUT2D eigenvalue weighted by Gasteiger charge is -2.29. The molecule has 1 saturated carbocycles. The number of hydrogen-bond donors (Lipinski definition) is 0. The fourth-order valence-electron chi connectivity index (χ4n) is 5.66. The summed E-state index contributed by atoms with van der Waals surface area (Å²) in [4.78, 5) is 0. The van der Waals surface area contributed by atoms with Crippen LogP contribution in [0, 0.1) is 23.4 Å². The van der Waals surface area contributed by atoms with Crippen LogP contribution in [-0.2, 0) is 11.2 Å². The molecule has 0 spiro atoms. The lowest BCUT2D eigenvalue weighted by atomic mass is 9.77. The smallest absolute Gasteiger partial charge is 0.166 e. The van der Waals surface area contributed by atoms with Gasteiger partial charge in [-0.25, -0.2) is 13.2 Å². The van der Waals surface area contributed by atoms with Crippen LogP contribution in [0.5, 0.6) is 5.75 Å². The maximum Gasteiger partial charge on any atom is 0.166 e. The standard InChI is InChI=1S/C30H37F3O2/c1-3-34-25-15-11-22(12-16-25)26-17-13-23(29(32)30(26)33)10-7-20-5-8-21(9-6-20)24-14-18-28(35-4-2)27(31)19-24/h11,13-14,17-21,25H,3-10,12,15-16H2,1-2H3. The third-order valence-corrected chi connectivity index (χ3v) is 7.67. The first-order valence-electron chi connectivity index (χ1n) is 13.2. The molecule has 190 valence electrons. The van der Waals surface area contributed by atoms with Crippen molar-refractivity contribution in [2.75, 3.05) is 13.2 Å². The van der Waals surface area contributed by atoms with Crippen LogP contribution < -0.4 is 4.74 Å². The van der Waals surface area contributed by atoms with Crippen molar-refractivity contribution in [1.82, 2.24) is 0 Å². The molecule has 5 heteroatoms. The van der Waals surface area contributed by atoms with Crippen molar-refractivity contribution in [2.24, 2.45) is 5.92 Å². The van der Waals surface area contributed by atoms with Crippen LogP contribution in [0.3, 0.4) is 0 Å². The van der Waals surface area contributed by atoms with Crippen molar-refractivity contribution in [2.45, 2.75) is 83.7 Å². The molecular formula is C30H37F3O2. The number of hydrogen-bond acceptors (Lipinski definition) is 2. The molecule has 1 unspecified atom stereocenters. The summed E-state index contributed by atoms with van der Waals surface area (Å²) in [5.74, 6) is -0.586. The summed E-state index contributed by atoms with van der Waals surface area (Å²) < 4.78 is 55.0. The van der Waals surface area contributed by atoms with Gasteiger partial charge in [0.15, 0.2) is 23.2 Å². The molecule has 0 N–H and O–H groups in total. The van der Waals surface area contributed by atoms with Crippen molar-refractivity contribution < 1.29 is 22.6 Å². The Kier molecular flexibility index (Phi) is 8.94.